The van der Waals surface area contributed by atoms with Crippen molar-refractivity contribution < 1.29 is 4.79 Å². The van der Waals surface area contributed by atoms with E-state index < -0.39 is 11.4 Å². The van der Waals surface area contributed by atoms with Crippen molar-refractivity contribution in [1.82, 2.24) is 14.9 Å². The van der Waals surface area contributed by atoms with Crippen LogP contribution in [0.15, 0.2) is 35.4 Å². The lowest BCUT2D eigenvalue weighted by molar-refractivity contribution is -0.131. The molecule has 0 bridgehead atoms. The number of nitrogens with one attached hydrogen (secondary N) is 1. The summed E-state index contributed by atoms with van der Waals surface area (Å²) < 4.78 is 0. The number of hydrogen-bond donors (Lipinski definition) is 2. The number of aromatic amines is 1. The number of nitrogens with two attached hydrogens (primary N) is 1. The molecule has 0 saturated carbocycles. The molecule has 138 valence electrons. The fourth-order valence-corrected chi connectivity index (χ4v) is 3.73. The van der Waals surface area contributed by atoms with Crippen LogP contribution in [-0.2, 0) is 10.3 Å². The standard InChI is InChI=1S/C19H23ClN4O2/c1-12-8-14(9-23-17(12)25)13-4-3-7-24(11-13)19(2,18(21)26)16-6-5-15(20)10-22-16/h5-6,8-10,13H,3-4,7,11H2,1-2H3,(H2,21,26)(H,23,25). The van der Waals surface area contributed by atoms with E-state index in [1.165, 1.54) is 6.20 Å². The number of amides is 1. The van der Waals surface area contributed by atoms with Crippen LogP contribution in [0.1, 0.15) is 42.5 Å². The molecule has 7 heteroatoms. The highest BCUT2D eigenvalue weighted by molar-refractivity contribution is 6.30. The molecule has 3 heterocycles. The van der Waals surface area contributed by atoms with Gasteiger partial charge in [-0.25, -0.2) is 0 Å². The van der Waals surface area contributed by atoms with E-state index in [-0.39, 0.29) is 11.5 Å². The summed E-state index contributed by atoms with van der Waals surface area (Å²) in [7, 11) is 0. The number of piperidine rings is 1. The van der Waals surface area contributed by atoms with Crippen LogP contribution in [0.3, 0.4) is 0 Å². The molecular formula is C19H23ClN4O2. The lowest BCUT2D eigenvalue weighted by Crippen LogP contribution is -2.56. The molecule has 0 aliphatic carbocycles. The molecule has 1 aliphatic rings. The molecule has 6 nitrogen and oxygen atoms in total. The molecule has 1 aliphatic heterocycles. The van der Waals surface area contributed by atoms with Crippen LogP contribution in [-0.4, -0.2) is 33.9 Å². The van der Waals surface area contributed by atoms with Crippen molar-refractivity contribution in [2.75, 3.05) is 13.1 Å². The SMILES string of the molecule is Cc1cc(C2CCCN(C(C)(C(N)=O)c3ccc(Cl)cn3)C2)c[nH]c1=O. The van der Waals surface area contributed by atoms with E-state index in [9.17, 15) is 9.59 Å². The van der Waals surface area contributed by atoms with Crippen LogP contribution in [0, 0.1) is 6.92 Å². The largest absolute Gasteiger partial charge is 0.368 e. The Kier molecular flexibility index (Phi) is 5.16. The third-order valence-electron chi connectivity index (χ3n) is 5.34. The van der Waals surface area contributed by atoms with E-state index in [1.54, 1.807) is 25.3 Å². The molecule has 2 aromatic heterocycles. The first-order chi connectivity index (χ1) is 12.3. The summed E-state index contributed by atoms with van der Waals surface area (Å²) >= 11 is 5.94. The lowest BCUT2D eigenvalue weighted by atomic mass is 9.85. The average Bonchev–Trinajstić information content (AvgIpc) is 2.64. The van der Waals surface area contributed by atoms with Crippen LogP contribution in [0.25, 0.3) is 0 Å². The smallest absolute Gasteiger partial charge is 0.250 e. The molecule has 2 atom stereocenters. The number of carbonyl (C=O) groups excluding carboxylic acids is 1. The summed E-state index contributed by atoms with van der Waals surface area (Å²) in [5.74, 6) is -0.226. The number of hydrogen-bond acceptors (Lipinski definition) is 4. The fraction of sp³-hybridized carbons (Fsp3) is 0.421. The summed E-state index contributed by atoms with van der Waals surface area (Å²) in [4.78, 5) is 33.3. The van der Waals surface area contributed by atoms with Gasteiger partial charge in [0.1, 0.15) is 5.54 Å². The molecule has 1 saturated heterocycles. The molecule has 2 unspecified atom stereocenters. The molecule has 0 radical (unpaired) electrons. The molecule has 3 N–H and O–H groups in total. The number of halogens is 1. The monoisotopic (exact) mass is 374 g/mol. The van der Waals surface area contributed by atoms with Gasteiger partial charge in [0.25, 0.3) is 5.56 Å². The number of aryl methyl sites for hydroxylation is 1. The van der Waals surface area contributed by atoms with Crippen LogP contribution in [0.2, 0.25) is 5.02 Å². The average molecular weight is 375 g/mol. The Hall–Kier alpha value is -2.18. The van der Waals surface area contributed by atoms with Gasteiger partial charge in [0.05, 0.1) is 10.7 Å². The predicted octanol–water partition coefficient (Wildman–Crippen LogP) is 2.31. The van der Waals surface area contributed by atoms with E-state index in [2.05, 4.69) is 14.9 Å². The van der Waals surface area contributed by atoms with Crippen LogP contribution in [0.4, 0.5) is 0 Å². The van der Waals surface area contributed by atoms with Gasteiger partial charge in [-0.15, -0.1) is 0 Å². The van der Waals surface area contributed by atoms with Gasteiger partial charge in [-0.3, -0.25) is 19.5 Å². The Morgan fingerprint density at radius 3 is 2.85 bits per heavy atom. The number of nitrogens with zero attached hydrogens (tertiary/aromatic N) is 2. The van der Waals surface area contributed by atoms with Gasteiger partial charge < -0.3 is 10.7 Å². The Morgan fingerprint density at radius 2 is 2.23 bits per heavy atom. The molecule has 0 aromatic carbocycles. The van der Waals surface area contributed by atoms with Crippen molar-refractivity contribution in [1.29, 1.82) is 0 Å². The maximum Gasteiger partial charge on any atom is 0.250 e. The normalized spacial score (nSPS) is 20.5. The third kappa shape index (κ3) is 3.39. The number of primary amides is 1. The summed E-state index contributed by atoms with van der Waals surface area (Å²) in [6, 6.07) is 5.40. The molecule has 2 aromatic rings. The molecule has 1 amide bonds. The highest BCUT2D eigenvalue weighted by atomic mass is 35.5. The van der Waals surface area contributed by atoms with Crippen molar-refractivity contribution in [3.63, 3.8) is 0 Å². The zero-order valence-corrected chi connectivity index (χ0v) is 15.7. The first-order valence-electron chi connectivity index (χ1n) is 8.68. The van der Waals surface area contributed by atoms with Gasteiger partial charge in [-0.1, -0.05) is 11.6 Å². The topological polar surface area (TPSA) is 92.1 Å². The van der Waals surface area contributed by atoms with Crippen molar-refractivity contribution in [3.8, 4) is 0 Å². The quantitative estimate of drug-likeness (QED) is 0.858. The minimum absolute atomic E-state index is 0.0752. The van der Waals surface area contributed by atoms with Gasteiger partial charge in [-0.05, 0) is 62.9 Å². The lowest BCUT2D eigenvalue weighted by Gasteiger charge is -2.43. The van der Waals surface area contributed by atoms with E-state index in [1.807, 2.05) is 13.0 Å². The molecule has 3 rings (SSSR count). The van der Waals surface area contributed by atoms with Crippen molar-refractivity contribution in [2.45, 2.75) is 38.1 Å². The summed E-state index contributed by atoms with van der Waals surface area (Å²) in [6.45, 7) is 5.03. The van der Waals surface area contributed by atoms with Crippen molar-refractivity contribution in [2.24, 2.45) is 5.73 Å². The number of pyridine rings is 2. The van der Waals surface area contributed by atoms with Crippen molar-refractivity contribution >= 4 is 17.5 Å². The maximum absolute atomic E-state index is 12.4. The first kappa shape index (κ1) is 18.6. The van der Waals surface area contributed by atoms with Gasteiger partial charge in [0.15, 0.2) is 0 Å². The highest BCUT2D eigenvalue weighted by Gasteiger charge is 2.43. The molecule has 1 fully saturated rings. The van der Waals surface area contributed by atoms with Gasteiger partial charge in [0, 0.05) is 24.5 Å². The summed E-state index contributed by atoms with van der Waals surface area (Å²) in [6.07, 6.45) is 5.22. The van der Waals surface area contributed by atoms with Crippen LogP contribution >= 0.6 is 11.6 Å². The fourth-order valence-electron chi connectivity index (χ4n) is 3.62. The number of H-pyrrole nitrogens is 1. The van der Waals surface area contributed by atoms with E-state index in [4.69, 9.17) is 17.3 Å². The first-order valence-corrected chi connectivity index (χ1v) is 9.06. The van der Waals surface area contributed by atoms with E-state index in [0.717, 1.165) is 24.9 Å². The van der Waals surface area contributed by atoms with Gasteiger partial charge >= 0.3 is 0 Å². The molecular weight excluding hydrogens is 352 g/mol. The summed E-state index contributed by atoms with van der Waals surface area (Å²) in [5, 5.41) is 0.515. The second-order valence-electron chi connectivity index (χ2n) is 7.03. The third-order valence-corrected chi connectivity index (χ3v) is 5.57. The number of carbonyl (C=O) groups is 1. The zero-order valence-electron chi connectivity index (χ0n) is 15.0. The predicted molar refractivity (Wildman–Crippen MR) is 101 cm³/mol. The van der Waals surface area contributed by atoms with Crippen LogP contribution in [0.5, 0.6) is 0 Å². The Balaban J connectivity index is 1.92. The zero-order chi connectivity index (χ0) is 18.9. The van der Waals surface area contributed by atoms with Gasteiger partial charge in [0.2, 0.25) is 5.91 Å². The highest BCUT2D eigenvalue weighted by Crippen LogP contribution is 2.35. The minimum Gasteiger partial charge on any atom is -0.368 e. The van der Waals surface area contributed by atoms with Gasteiger partial charge in [-0.2, -0.15) is 0 Å². The molecule has 26 heavy (non-hydrogen) atoms. The Labute approximate surface area is 157 Å². The minimum atomic E-state index is -1.01. The second kappa shape index (κ2) is 7.21. The second-order valence-corrected chi connectivity index (χ2v) is 7.46. The number of rotatable bonds is 4. The summed E-state index contributed by atoms with van der Waals surface area (Å²) in [5.41, 5.74) is 7.06. The number of aromatic nitrogens is 2. The van der Waals surface area contributed by atoms with Crippen LogP contribution < -0.4 is 11.3 Å². The maximum atomic E-state index is 12.4. The van der Waals surface area contributed by atoms with E-state index in [0.29, 0.717) is 22.8 Å². The van der Waals surface area contributed by atoms with E-state index >= 15 is 0 Å². The Bertz CT molecular complexity index is 865. The molecule has 0 spiro atoms. The Morgan fingerprint density at radius 1 is 1.46 bits per heavy atom. The number of likely N-dealkylation sites (tertiary alicyclic amines) is 1. The van der Waals surface area contributed by atoms with Crippen molar-refractivity contribution in [3.05, 3.63) is 62.8 Å².